The Bertz CT molecular complexity index is 816. The van der Waals surface area contributed by atoms with Crippen molar-refractivity contribution in [3.63, 3.8) is 0 Å². The second-order valence-electron chi connectivity index (χ2n) is 6.43. The van der Waals surface area contributed by atoms with Crippen molar-refractivity contribution in [3.8, 4) is 11.5 Å². The number of carbonyl (C=O) groups is 2. The van der Waals surface area contributed by atoms with Gasteiger partial charge in [-0.25, -0.2) is 9.59 Å². The first kappa shape index (κ1) is 23.5. The van der Waals surface area contributed by atoms with E-state index in [1.54, 1.807) is 7.11 Å². The lowest BCUT2D eigenvalue weighted by molar-refractivity contribution is -0.159. The van der Waals surface area contributed by atoms with Gasteiger partial charge >= 0.3 is 11.9 Å². The van der Waals surface area contributed by atoms with E-state index in [4.69, 9.17) is 45.6 Å². The summed E-state index contributed by atoms with van der Waals surface area (Å²) in [4.78, 5) is 20.6. The minimum Gasteiger partial charge on any atom is -0.493 e. The Kier molecular flexibility index (Phi) is 9.40. The summed E-state index contributed by atoms with van der Waals surface area (Å²) in [5.74, 6) is -2.16. The van der Waals surface area contributed by atoms with Gasteiger partial charge in [0.1, 0.15) is 12.7 Å². The molecule has 30 heavy (non-hydrogen) atoms. The van der Waals surface area contributed by atoms with Crippen LogP contribution in [0.2, 0.25) is 5.02 Å². The number of hydrogen-bond donors (Lipinski definition) is 2. The number of carboxylic acid groups (broad SMARTS) is 2. The Morgan fingerprint density at radius 2 is 1.73 bits per heavy atom. The van der Waals surface area contributed by atoms with Gasteiger partial charge in [0.05, 0.1) is 13.7 Å². The van der Waals surface area contributed by atoms with Crippen molar-refractivity contribution in [2.45, 2.75) is 12.6 Å². The van der Waals surface area contributed by atoms with Crippen LogP contribution >= 0.6 is 11.6 Å². The highest BCUT2D eigenvalue weighted by Gasteiger charge is 2.21. The van der Waals surface area contributed by atoms with Gasteiger partial charge < -0.3 is 24.4 Å². The van der Waals surface area contributed by atoms with Gasteiger partial charge in [0.15, 0.2) is 11.5 Å². The average molecular weight is 438 g/mol. The summed E-state index contributed by atoms with van der Waals surface area (Å²) >= 11 is 5.94. The fraction of sp³-hybridized carbons (Fsp3) is 0.333. The van der Waals surface area contributed by atoms with Crippen molar-refractivity contribution >= 4 is 23.5 Å². The molecule has 1 aliphatic heterocycles. The molecule has 3 rings (SSSR count). The lowest BCUT2D eigenvalue weighted by atomic mass is 10.2. The van der Waals surface area contributed by atoms with Gasteiger partial charge in [-0.1, -0.05) is 35.9 Å². The molecule has 0 aliphatic carbocycles. The van der Waals surface area contributed by atoms with Gasteiger partial charge in [-0.05, 0) is 29.8 Å². The number of aliphatic carboxylic acids is 2. The number of methoxy groups -OCH3 is 1. The molecule has 1 saturated heterocycles. The lowest BCUT2D eigenvalue weighted by Crippen LogP contribution is -2.44. The topological polar surface area (TPSA) is 106 Å². The van der Waals surface area contributed by atoms with Gasteiger partial charge in [0.2, 0.25) is 0 Å². The fourth-order valence-corrected chi connectivity index (χ4v) is 2.92. The van der Waals surface area contributed by atoms with Crippen LogP contribution in [0.25, 0.3) is 0 Å². The highest BCUT2D eigenvalue weighted by molar-refractivity contribution is 6.30. The maximum absolute atomic E-state index is 9.10. The summed E-state index contributed by atoms with van der Waals surface area (Å²) in [5.41, 5.74) is 1.26. The summed E-state index contributed by atoms with van der Waals surface area (Å²) < 4.78 is 17.0. The molecule has 1 unspecified atom stereocenters. The molecule has 1 heterocycles. The Morgan fingerprint density at radius 3 is 2.33 bits per heavy atom. The number of carboxylic acids is 2. The van der Waals surface area contributed by atoms with Crippen molar-refractivity contribution in [2.24, 2.45) is 0 Å². The number of rotatable bonds is 6. The van der Waals surface area contributed by atoms with Crippen molar-refractivity contribution in [1.82, 2.24) is 4.90 Å². The summed E-state index contributed by atoms with van der Waals surface area (Å²) in [6.07, 6.45) is 0.0518. The number of morpholine rings is 1. The third-order valence-electron chi connectivity index (χ3n) is 4.22. The van der Waals surface area contributed by atoms with Gasteiger partial charge in [-0.3, -0.25) is 4.90 Å². The SMILES string of the molecule is COc1ccccc1OCC1CN(Cc2ccc(Cl)cc2)CCO1.O=C(O)C(=O)O. The van der Waals surface area contributed by atoms with E-state index in [9.17, 15) is 0 Å². The van der Waals surface area contributed by atoms with E-state index in [0.29, 0.717) is 13.2 Å². The van der Waals surface area contributed by atoms with Gasteiger partial charge in [-0.15, -0.1) is 0 Å². The molecule has 9 heteroatoms. The van der Waals surface area contributed by atoms with Crippen LogP contribution in [0.4, 0.5) is 0 Å². The minimum absolute atomic E-state index is 0.0518. The zero-order valence-electron chi connectivity index (χ0n) is 16.5. The van der Waals surface area contributed by atoms with Crippen molar-refractivity contribution in [2.75, 3.05) is 33.4 Å². The summed E-state index contributed by atoms with van der Waals surface area (Å²) in [6, 6.07) is 15.7. The van der Waals surface area contributed by atoms with Crippen LogP contribution in [0.1, 0.15) is 5.56 Å². The summed E-state index contributed by atoms with van der Waals surface area (Å²) in [6.45, 7) is 3.89. The van der Waals surface area contributed by atoms with Gasteiger partial charge in [-0.2, -0.15) is 0 Å². The lowest BCUT2D eigenvalue weighted by Gasteiger charge is -2.32. The normalized spacial score (nSPS) is 16.1. The summed E-state index contributed by atoms with van der Waals surface area (Å²) in [5, 5.41) is 15.5. The van der Waals surface area contributed by atoms with Crippen LogP contribution in [0.3, 0.4) is 0 Å². The molecule has 1 fully saturated rings. The molecule has 1 atom stereocenters. The number of para-hydroxylation sites is 2. The smallest absolute Gasteiger partial charge is 0.414 e. The van der Waals surface area contributed by atoms with E-state index in [1.165, 1.54) is 5.56 Å². The van der Waals surface area contributed by atoms with Gasteiger partial charge in [0, 0.05) is 24.7 Å². The quantitative estimate of drug-likeness (QED) is 0.664. The van der Waals surface area contributed by atoms with E-state index >= 15 is 0 Å². The van der Waals surface area contributed by atoms with Crippen molar-refractivity contribution in [1.29, 1.82) is 0 Å². The molecule has 0 radical (unpaired) electrons. The zero-order valence-corrected chi connectivity index (χ0v) is 17.2. The first-order chi connectivity index (χ1) is 14.4. The van der Waals surface area contributed by atoms with E-state index in [0.717, 1.165) is 36.2 Å². The minimum atomic E-state index is -1.82. The number of benzene rings is 2. The average Bonchev–Trinajstić information content (AvgIpc) is 2.75. The fourth-order valence-electron chi connectivity index (χ4n) is 2.79. The number of hydrogen-bond acceptors (Lipinski definition) is 6. The summed E-state index contributed by atoms with van der Waals surface area (Å²) in [7, 11) is 1.65. The Hall–Kier alpha value is -2.81. The third-order valence-corrected chi connectivity index (χ3v) is 4.47. The van der Waals surface area contributed by atoms with E-state index < -0.39 is 11.9 Å². The molecule has 2 N–H and O–H groups in total. The first-order valence-electron chi connectivity index (χ1n) is 9.19. The van der Waals surface area contributed by atoms with Crippen LogP contribution in [0.15, 0.2) is 48.5 Å². The monoisotopic (exact) mass is 437 g/mol. The second-order valence-corrected chi connectivity index (χ2v) is 6.86. The molecule has 2 aromatic carbocycles. The number of nitrogens with zero attached hydrogens (tertiary/aromatic N) is 1. The second kappa shape index (κ2) is 12.0. The Morgan fingerprint density at radius 1 is 1.10 bits per heavy atom. The maximum Gasteiger partial charge on any atom is 0.414 e. The predicted octanol–water partition coefficient (Wildman–Crippen LogP) is 2.78. The molecule has 0 saturated carbocycles. The van der Waals surface area contributed by atoms with Crippen molar-refractivity contribution < 1.29 is 34.0 Å². The molecule has 0 bridgehead atoms. The molecular weight excluding hydrogens is 414 g/mol. The first-order valence-corrected chi connectivity index (χ1v) is 9.57. The molecular formula is C21H24ClNO7. The molecule has 0 amide bonds. The molecule has 1 aliphatic rings. The maximum atomic E-state index is 9.10. The predicted molar refractivity (Wildman–Crippen MR) is 110 cm³/mol. The molecule has 0 aromatic heterocycles. The third kappa shape index (κ3) is 7.90. The zero-order chi connectivity index (χ0) is 21.9. The van der Waals surface area contributed by atoms with Crippen LogP contribution in [0, 0.1) is 0 Å². The molecule has 2 aromatic rings. The molecule has 162 valence electrons. The Labute approximate surface area is 179 Å². The van der Waals surface area contributed by atoms with Crippen LogP contribution < -0.4 is 9.47 Å². The number of halogens is 1. The molecule has 0 spiro atoms. The van der Waals surface area contributed by atoms with E-state index in [1.807, 2.05) is 36.4 Å². The van der Waals surface area contributed by atoms with Crippen LogP contribution in [-0.4, -0.2) is 66.6 Å². The number of ether oxygens (including phenoxy) is 3. The Balaban J connectivity index is 0.000000469. The van der Waals surface area contributed by atoms with Crippen molar-refractivity contribution in [3.05, 3.63) is 59.1 Å². The largest absolute Gasteiger partial charge is 0.493 e. The standard InChI is InChI=1S/C19H22ClNO3.C2H2O4/c1-22-18-4-2-3-5-19(18)24-14-17-13-21(10-11-23-17)12-15-6-8-16(20)9-7-15;3-1(4)2(5)6/h2-9,17H,10-14H2,1H3;(H,3,4)(H,5,6). The van der Waals surface area contributed by atoms with Gasteiger partial charge in [0.25, 0.3) is 0 Å². The highest BCUT2D eigenvalue weighted by Crippen LogP contribution is 2.26. The van der Waals surface area contributed by atoms with Crippen LogP contribution in [-0.2, 0) is 20.9 Å². The molecule has 8 nitrogen and oxygen atoms in total. The van der Waals surface area contributed by atoms with E-state index in [-0.39, 0.29) is 6.10 Å². The highest BCUT2D eigenvalue weighted by atomic mass is 35.5. The van der Waals surface area contributed by atoms with E-state index in [2.05, 4.69) is 17.0 Å². The van der Waals surface area contributed by atoms with Crippen LogP contribution in [0.5, 0.6) is 11.5 Å².